The van der Waals surface area contributed by atoms with E-state index in [1.807, 2.05) is 0 Å². The van der Waals surface area contributed by atoms with Gasteiger partial charge >= 0.3 is 5.97 Å². The van der Waals surface area contributed by atoms with Crippen LogP contribution in [0.15, 0.2) is 11.9 Å². The number of hydrogen-bond donors (Lipinski definition) is 1. The molecule has 0 fully saturated rings. The number of esters is 1. The number of nitrogens with zero attached hydrogens (tertiary/aromatic N) is 1. The van der Waals surface area contributed by atoms with Gasteiger partial charge in [0.1, 0.15) is 5.70 Å². The van der Waals surface area contributed by atoms with Crippen LogP contribution in [0.3, 0.4) is 0 Å². The topological polar surface area (TPSA) is 55.6 Å². The van der Waals surface area contributed by atoms with E-state index in [9.17, 15) is 4.79 Å². The van der Waals surface area contributed by atoms with Gasteiger partial charge in [-0.05, 0) is 0 Å². The number of carbonyl (C=O) groups is 1. The number of nitrogens with two attached hydrogens (primary N) is 1. The van der Waals surface area contributed by atoms with Crippen LogP contribution in [0.25, 0.3) is 0 Å². The molecule has 10 heavy (non-hydrogen) atoms. The normalized spacial score (nSPS) is 10.9. The summed E-state index contributed by atoms with van der Waals surface area (Å²) in [6.45, 7) is 0. The van der Waals surface area contributed by atoms with E-state index in [2.05, 4.69) is 4.74 Å². The lowest BCUT2D eigenvalue weighted by molar-refractivity contribution is -0.136. The highest BCUT2D eigenvalue weighted by Gasteiger charge is 2.02. The summed E-state index contributed by atoms with van der Waals surface area (Å²) in [6, 6.07) is 0. The van der Waals surface area contributed by atoms with Crippen LogP contribution < -0.4 is 5.73 Å². The molecule has 2 N–H and O–H groups in total. The quantitative estimate of drug-likeness (QED) is 0.420. The zero-order valence-electron chi connectivity index (χ0n) is 6.42. The first-order valence-corrected chi connectivity index (χ1v) is 2.80. The Balaban J connectivity index is 4.05. The first-order valence-electron chi connectivity index (χ1n) is 2.80. The van der Waals surface area contributed by atoms with Gasteiger partial charge in [0, 0.05) is 20.3 Å². The van der Waals surface area contributed by atoms with E-state index in [-0.39, 0.29) is 5.70 Å². The smallest absolute Gasteiger partial charge is 0.355 e. The van der Waals surface area contributed by atoms with E-state index in [1.54, 1.807) is 19.0 Å². The van der Waals surface area contributed by atoms with Crippen LogP contribution in [-0.2, 0) is 9.53 Å². The average Bonchev–Trinajstić information content (AvgIpc) is 1.85. The summed E-state index contributed by atoms with van der Waals surface area (Å²) in [5.74, 6) is -0.506. The van der Waals surface area contributed by atoms with Gasteiger partial charge in [-0.15, -0.1) is 0 Å². The molecule has 0 spiro atoms. The van der Waals surface area contributed by atoms with Crippen molar-refractivity contribution in [2.24, 2.45) is 5.73 Å². The summed E-state index contributed by atoms with van der Waals surface area (Å²) >= 11 is 0. The first kappa shape index (κ1) is 8.81. The van der Waals surface area contributed by atoms with Crippen molar-refractivity contribution in [1.82, 2.24) is 4.90 Å². The lowest BCUT2D eigenvalue weighted by Crippen LogP contribution is -2.16. The third-order valence-corrected chi connectivity index (χ3v) is 0.818. The van der Waals surface area contributed by atoms with E-state index in [0.29, 0.717) is 0 Å². The van der Waals surface area contributed by atoms with Crippen LogP contribution in [0.5, 0.6) is 0 Å². The molecule has 0 aliphatic carbocycles. The summed E-state index contributed by atoms with van der Waals surface area (Å²) in [5.41, 5.74) is 5.38. The lowest BCUT2D eigenvalue weighted by atomic mass is 10.5. The van der Waals surface area contributed by atoms with Crippen molar-refractivity contribution in [2.75, 3.05) is 21.2 Å². The van der Waals surface area contributed by atoms with Crippen molar-refractivity contribution in [2.45, 2.75) is 0 Å². The van der Waals surface area contributed by atoms with Gasteiger partial charge in [0.05, 0.1) is 7.11 Å². The molecule has 0 saturated heterocycles. The maximum atomic E-state index is 10.6. The SMILES string of the molecule is COC(=O)/C(N)=C\N(C)C. The summed E-state index contributed by atoms with van der Waals surface area (Å²) in [4.78, 5) is 12.3. The predicted octanol–water partition coefficient (Wildman–Crippen LogP) is -0.479. The fourth-order valence-electron chi connectivity index (χ4n) is 0.449. The number of ether oxygens (including phenoxy) is 1. The van der Waals surface area contributed by atoms with Crippen LogP contribution >= 0.6 is 0 Å². The Morgan fingerprint density at radius 2 is 2.10 bits per heavy atom. The van der Waals surface area contributed by atoms with Crippen LogP contribution in [0, 0.1) is 0 Å². The van der Waals surface area contributed by atoms with Crippen molar-refractivity contribution < 1.29 is 9.53 Å². The maximum absolute atomic E-state index is 10.6. The molecule has 0 aromatic carbocycles. The molecule has 0 heterocycles. The monoisotopic (exact) mass is 144 g/mol. The predicted molar refractivity (Wildman–Crippen MR) is 38.0 cm³/mol. The second-order valence-corrected chi connectivity index (χ2v) is 2.04. The molecule has 0 aliphatic heterocycles. The molecule has 4 heteroatoms. The highest BCUT2D eigenvalue weighted by Crippen LogP contribution is 1.88. The number of hydrogen-bond acceptors (Lipinski definition) is 4. The zero-order valence-corrected chi connectivity index (χ0v) is 6.42. The van der Waals surface area contributed by atoms with E-state index in [0.717, 1.165) is 0 Å². The molecule has 58 valence electrons. The fraction of sp³-hybridized carbons (Fsp3) is 0.500. The molecule has 0 saturated carbocycles. The first-order chi connectivity index (χ1) is 4.57. The van der Waals surface area contributed by atoms with Gasteiger partial charge < -0.3 is 15.4 Å². The minimum Gasteiger partial charge on any atom is -0.464 e. The van der Waals surface area contributed by atoms with Crippen LogP contribution in [-0.4, -0.2) is 32.1 Å². The number of rotatable bonds is 2. The molecule has 0 amide bonds. The van der Waals surface area contributed by atoms with E-state index < -0.39 is 5.97 Å². The Morgan fingerprint density at radius 3 is 2.40 bits per heavy atom. The van der Waals surface area contributed by atoms with Gasteiger partial charge in [-0.25, -0.2) is 4.79 Å². The molecule has 0 aliphatic rings. The van der Waals surface area contributed by atoms with E-state index in [4.69, 9.17) is 5.73 Å². The van der Waals surface area contributed by atoms with Gasteiger partial charge in [0.25, 0.3) is 0 Å². The van der Waals surface area contributed by atoms with Crippen LogP contribution in [0.4, 0.5) is 0 Å². The third kappa shape index (κ3) is 2.96. The van der Waals surface area contributed by atoms with Crippen LogP contribution in [0.1, 0.15) is 0 Å². The largest absolute Gasteiger partial charge is 0.464 e. The molecule has 0 radical (unpaired) electrons. The molecule has 0 unspecified atom stereocenters. The third-order valence-electron chi connectivity index (χ3n) is 0.818. The molecule has 0 rings (SSSR count). The average molecular weight is 144 g/mol. The molecule has 0 aromatic rings. The fourth-order valence-corrected chi connectivity index (χ4v) is 0.449. The Hall–Kier alpha value is -1.19. The Morgan fingerprint density at radius 1 is 1.60 bits per heavy atom. The molecular weight excluding hydrogens is 132 g/mol. The van der Waals surface area contributed by atoms with Crippen molar-refractivity contribution in [3.8, 4) is 0 Å². The van der Waals surface area contributed by atoms with E-state index in [1.165, 1.54) is 13.3 Å². The maximum Gasteiger partial charge on any atom is 0.355 e. The van der Waals surface area contributed by atoms with Gasteiger partial charge in [0.2, 0.25) is 0 Å². The van der Waals surface area contributed by atoms with Crippen molar-refractivity contribution in [3.05, 3.63) is 11.9 Å². The molecule has 0 bridgehead atoms. The van der Waals surface area contributed by atoms with Crippen molar-refractivity contribution in [1.29, 1.82) is 0 Å². The van der Waals surface area contributed by atoms with Crippen LogP contribution in [0.2, 0.25) is 0 Å². The Labute approximate surface area is 60.2 Å². The number of carbonyl (C=O) groups excluding carboxylic acids is 1. The minimum absolute atomic E-state index is 0.104. The second-order valence-electron chi connectivity index (χ2n) is 2.04. The highest BCUT2D eigenvalue weighted by atomic mass is 16.5. The Bertz CT molecular complexity index is 152. The summed E-state index contributed by atoms with van der Waals surface area (Å²) in [7, 11) is 4.84. The molecular formula is C6H12N2O2. The lowest BCUT2D eigenvalue weighted by Gasteiger charge is -2.05. The molecule has 0 aromatic heterocycles. The molecule has 4 nitrogen and oxygen atoms in total. The van der Waals surface area contributed by atoms with Gasteiger partial charge in [-0.2, -0.15) is 0 Å². The van der Waals surface area contributed by atoms with Gasteiger partial charge in [0.15, 0.2) is 0 Å². The summed E-state index contributed by atoms with van der Waals surface area (Å²) in [5, 5.41) is 0. The minimum atomic E-state index is -0.506. The standard InChI is InChI=1S/C6H12N2O2/c1-8(2)4-5(7)6(9)10-3/h4H,7H2,1-3H3/b5-4+. The second kappa shape index (κ2) is 3.76. The summed E-state index contributed by atoms with van der Waals surface area (Å²) in [6.07, 6.45) is 1.49. The summed E-state index contributed by atoms with van der Waals surface area (Å²) < 4.78 is 4.35. The molecule has 0 atom stereocenters. The van der Waals surface area contributed by atoms with Crippen molar-refractivity contribution in [3.63, 3.8) is 0 Å². The van der Waals surface area contributed by atoms with Gasteiger partial charge in [-0.1, -0.05) is 0 Å². The number of methoxy groups -OCH3 is 1. The van der Waals surface area contributed by atoms with Gasteiger partial charge in [-0.3, -0.25) is 0 Å². The Kier molecular flexibility index (Phi) is 3.32. The highest BCUT2D eigenvalue weighted by molar-refractivity contribution is 5.86. The zero-order chi connectivity index (χ0) is 8.15. The van der Waals surface area contributed by atoms with E-state index >= 15 is 0 Å². The van der Waals surface area contributed by atoms with Crippen molar-refractivity contribution >= 4 is 5.97 Å².